The van der Waals surface area contributed by atoms with Crippen molar-refractivity contribution in [3.05, 3.63) is 88.7 Å². The summed E-state index contributed by atoms with van der Waals surface area (Å²) in [6.07, 6.45) is 0. The third-order valence-corrected chi connectivity index (χ3v) is 4.49. The summed E-state index contributed by atoms with van der Waals surface area (Å²) in [5.41, 5.74) is 3.43. The minimum atomic E-state index is -0.0830. The first kappa shape index (κ1) is 17.0. The van der Waals surface area contributed by atoms with Gasteiger partial charge in [-0.3, -0.25) is 9.36 Å². The van der Waals surface area contributed by atoms with Crippen LogP contribution in [0.15, 0.2) is 77.6 Å². The first-order valence-electron chi connectivity index (χ1n) is 8.99. The predicted octanol–water partition coefficient (Wildman–Crippen LogP) is 4.76. The molecule has 0 saturated heterocycles. The van der Waals surface area contributed by atoms with Gasteiger partial charge >= 0.3 is 0 Å². The van der Waals surface area contributed by atoms with E-state index in [0.717, 1.165) is 22.6 Å². The van der Waals surface area contributed by atoms with Crippen LogP contribution in [0.25, 0.3) is 28.0 Å². The van der Waals surface area contributed by atoms with Crippen LogP contribution in [0.5, 0.6) is 5.75 Å². The van der Waals surface area contributed by atoms with Crippen molar-refractivity contribution in [1.82, 2.24) is 9.55 Å². The Kier molecular flexibility index (Phi) is 4.47. The number of hydrogen-bond acceptors (Lipinski definition) is 3. The topological polar surface area (TPSA) is 44.1 Å². The van der Waals surface area contributed by atoms with Crippen molar-refractivity contribution in [2.24, 2.45) is 0 Å². The van der Waals surface area contributed by atoms with Gasteiger partial charge < -0.3 is 4.74 Å². The number of para-hydroxylation sites is 1. The van der Waals surface area contributed by atoms with Gasteiger partial charge in [-0.25, -0.2) is 4.98 Å². The summed E-state index contributed by atoms with van der Waals surface area (Å²) in [6.45, 7) is 4.59. The van der Waals surface area contributed by atoms with Crippen molar-refractivity contribution < 1.29 is 4.74 Å². The molecule has 0 amide bonds. The quantitative estimate of drug-likeness (QED) is 0.529. The summed E-state index contributed by atoms with van der Waals surface area (Å²) < 4.78 is 7.19. The molecule has 0 unspecified atom stereocenters. The Morgan fingerprint density at radius 1 is 0.926 bits per heavy atom. The monoisotopic (exact) mass is 356 g/mol. The van der Waals surface area contributed by atoms with Crippen LogP contribution in [0.3, 0.4) is 0 Å². The summed E-state index contributed by atoms with van der Waals surface area (Å²) in [6, 6.07) is 23.0. The van der Waals surface area contributed by atoms with Gasteiger partial charge in [-0.05, 0) is 50.2 Å². The smallest absolute Gasteiger partial charge is 0.266 e. The highest BCUT2D eigenvalue weighted by atomic mass is 16.5. The molecule has 134 valence electrons. The van der Waals surface area contributed by atoms with Crippen LogP contribution >= 0.6 is 0 Å². The molecule has 0 radical (unpaired) electrons. The number of rotatable bonds is 4. The number of aryl methyl sites for hydroxylation is 1. The number of ether oxygens (including phenoxy) is 1. The normalized spacial score (nSPS) is 10.9. The van der Waals surface area contributed by atoms with Gasteiger partial charge in [0.15, 0.2) is 0 Å². The molecule has 0 aliphatic carbocycles. The maximum atomic E-state index is 13.3. The zero-order chi connectivity index (χ0) is 18.8. The standard InChI is InChI=1S/C23H20N2O2/c1-3-27-19-14-12-18(13-15-19)25-22(17-10-8-16(2)9-11-17)24-21-7-5-4-6-20(21)23(25)26/h4-15H,3H2,1-2H3. The fraction of sp³-hybridized carbons (Fsp3) is 0.130. The molecule has 1 aromatic heterocycles. The Morgan fingerprint density at radius 3 is 2.33 bits per heavy atom. The number of benzene rings is 3. The molecule has 0 spiro atoms. The van der Waals surface area contributed by atoms with Gasteiger partial charge in [0.2, 0.25) is 0 Å². The summed E-state index contributed by atoms with van der Waals surface area (Å²) in [7, 11) is 0. The number of hydrogen-bond donors (Lipinski definition) is 0. The fourth-order valence-electron chi connectivity index (χ4n) is 3.13. The van der Waals surface area contributed by atoms with Crippen molar-refractivity contribution in [2.45, 2.75) is 13.8 Å². The van der Waals surface area contributed by atoms with E-state index >= 15 is 0 Å². The molecular formula is C23H20N2O2. The lowest BCUT2D eigenvalue weighted by Gasteiger charge is -2.14. The summed E-state index contributed by atoms with van der Waals surface area (Å²) >= 11 is 0. The van der Waals surface area contributed by atoms with E-state index in [1.807, 2.05) is 86.6 Å². The third-order valence-electron chi connectivity index (χ3n) is 4.49. The molecule has 27 heavy (non-hydrogen) atoms. The molecule has 3 aromatic carbocycles. The van der Waals surface area contributed by atoms with Gasteiger partial charge in [0, 0.05) is 5.56 Å². The predicted molar refractivity (Wildman–Crippen MR) is 109 cm³/mol. The highest BCUT2D eigenvalue weighted by molar-refractivity contribution is 5.80. The third kappa shape index (κ3) is 3.22. The second-order valence-electron chi connectivity index (χ2n) is 6.39. The average Bonchev–Trinajstić information content (AvgIpc) is 2.70. The highest BCUT2D eigenvalue weighted by Gasteiger charge is 2.14. The number of nitrogens with zero attached hydrogens (tertiary/aromatic N) is 2. The molecule has 4 nitrogen and oxygen atoms in total. The van der Waals surface area contributed by atoms with E-state index in [1.54, 1.807) is 4.57 Å². The first-order valence-corrected chi connectivity index (χ1v) is 8.99. The van der Waals surface area contributed by atoms with Crippen LogP contribution in [0.2, 0.25) is 0 Å². The van der Waals surface area contributed by atoms with Crippen LogP contribution in [0, 0.1) is 6.92 Å². The molecule has 0 bridgehead atoms. The highest BCUT2D eigenvalue weighted by Crippen LogP contribution is 2.24. The molecule has 0 fully saturated rings. The molecular weight excluding hydrogens is 336 g/mol. The summed E-state index contributed by atoms with van der Waals surface area (Å²) in [4.78, 5) is 18.1. The Labute approximate surface area is 157 Å². The molecule has 4 rings (SSSR count). The summed E-state index contributed by atoms with van der Waals surface area (Å²) in [5, 5.41) is 0.599. The Bertz CT molecular complexity index is 1140. The lowest BCUT2D eigenvalue weighted by atomic mass is 10.1. The Morgan fingerprint density at radius 2 is 1.63 bits per heavy atom. The SMILES string of the molecule is CCOc1ccc(-n2c(-c3ccc(C)cc3)nc3ccccc3c2=O)cc1. The zero-order valence-electron chi connectivity index (χ0n) is 15.3. The van der Waals surface area contributed by atoms with Crippen molar-refractivity contribution in [1.29, 1.82) is 0 Å². The molecule has 0 aliphatic heterocycles. The lowest BCUT2D eigenvalue weighted by Crippen LogP contribution is -2.21. The molecule has 4 aromatic rings. The van der Waals surface area contributed by atoms with Gasteiger partial charge in [0.25, 0.3) is 5.56 Å². The van der Waals surface area contributed by atoms with E-state index in [4.69, 9.17) is 9.72 Å². The minimum absolute atomic E-state index is 0.0830. The van der Waals surface area contributed by atoms with Gasteiger partial charge in [0.05, 0.1) is 23.2 Å². The van der Waals surface area contributed by atoms with E-state index in [9.17, 15) is 4.79 Å². The van der Waals surface area contributed by atoms with Gasteiger partial charge in [-0.15, -0.1) is 0 Å². The molecule has 0 saturated carbocycles. The molecule has 0 aliphatic rings. The second-order valence-corrected chi connectivity index (χ2v) is 6.39. The van der Waals surface area contributed by atoms with Crippen LogP contribution in [0.1, 0.15) is 12.5 Å². The zero-order valence-corrected chi connectivity index (χ0v) is 15.3. The molecule has 1 heterocycles. The van der Waals surface area contributed by atoms with Gasteiger partial charge in [-0.2, -0.15) is 0 Å². The van der Waals surface area contributed by atoms with E-state index < -0.39 is 0 Å². The minimum Gasteiger partial charge on any atom is -0.494 e. The van der Waals surface area contributed by atoms with E-state index in [1.165, 1.54) is 0 Å². The van der Waals surface area contributed by atoms with Crippen LogP contribution in [0.4, 0.5) is 0 Å². The first-order chi connectivity index (χ1) is 13.2. The average molecular weight is 356 g/mol. The molecule has 4 heteroatoms. The van der Waals surface area contributed by atoms with Crippen LogP contribution in [-0.4, -0.2) is 16.2 Å². The Balaban J connectivity index is 1.99. The second kappa shape index (κ2) is 7.08. The lowest BCUT2D eigenvalue weighted by molar-refractivity contribution is 0.340. The Hall–Kier alpha value is -3.40. The maximum absolute atomic E-state index is 13.3. The van der Waals surface area contributed by atoms with Crippen molar-refractivity contribution >= 4 is 10.9 Å². The van der Waals surface area contributed by atoms with E-state index in [0.29, 0.717) is 23.3 Å². The number of aromatic nitrogens is 2. The van der Waals surface area contributed by atoms with E-state index in [-0.39, 0.29) is 5.56 Å². The van der Waals surface area contributed by atoms with Gasteiger partial charge in [0.1, 0.15) is 11.6 Å². The molecule has 0 N–H and O–H groups in total. The van der Waals surface area contributed by atoms with Gasteiger partial charge in [-0.1, -0.05) is 42.0 Å². The fourth-order valence-corrected chi connectivity index (χ4v) is 3.13. The van der Waals surface area contributed by atoms with Crippen molar-refractivity contribution in [3.63, 3.8) is 0 Å². The van der Waals surface area contributed by atoms with Crippen LogP contribution < -0.4 is 10.3 Å². The van der Waals surface area contributed by atoms with E-state index in [2.05, 4.69) is 0 Å². The molecule has 0 atom stereocenters. The number of fused-ring (bicyclic) bond motifs is 1. The van der Waals surface area contributed by atoms with Crippen molar-refractivity contribution in [2.75, 3.05) is 6.61 Å². The van der Waals surface area contributed by atoms with Crippen molar-refractivity contribution in [3.8, 4) is 22.8 Å². The van der Waals surface area contributed by atoms with Crippen LogP contribution in [-0.2, 0) is 0 Å². The maximum Gasteiger partial charge on any atom is 0.266 e. The largest absolute Gasteiger partial charge is 0.494 e. The summed E-state index contributed by atoms with van der Waals surface area (Å²) in [5.74, 6) is 1.41.